The van der Waals surface area contributed by atoms with Crippen LogP contribution in [0.4, 0.5) is 0 Å². The number of hydrogen-bond donors (Lipinski definition) is 0. The van der Waals surface area contributed by atoms with E-state index < -0.39 is 0 Å². The van der Waals surface area contributed by atoms with Crippen molar-refractivity contribution in [2.75, 3.05) is 0 Å². The van der Waals surface area contributed by atoms with E-state index in [9.17, 15) is 4.79 Å². The maximum Gasteiger partial charge on any atom is 1.00 e. The van der Waals surface area contributed by atoms with Crippen LogP contribution in [-0.4, -0.2) is 5.78 Å². The Morgan fingerprint density at radius 1 is 1.20 bits per heavy atom. The normalized spacial score (nSPS) is 24.9. The van der Waals surface area contributed by atoms with Gasteiger partial charge in [0.15, 0.2) is 0 Å². The van der Waals surface area contributed by atoms with Crippen LogP contribution < -0.4 is 58.2 Å². The van der Waals surface area contributed by atoms with Gasteiger partial charge in [0.2, 0.25) is 0 Å². The molecule has 1 saturated carbocycles. The van der Waals surface area contributed by atoms with Crippen molar-refractivity contribution in [1.29, 1.82) is 0 Å². The van der Waals surface area contributed by atoms with Crippen molar-refractivity contribution in [3.63, 3.8) is 0 Å². The predicted molar refractivity (Wildman–Crippen MR) is 59.8 cm³/mol. The summed E-state index contributed by atoms with van der Waals surface area (Å²) in [5.74, 6) is 0.703. The third-order valence-electron chi connectivity index (χ3n) is 2.98. The fourth-order valence-electron chi connectivity index (χ4n) is 2.23. The smallest absolute Gasteiger partial charge is 0.358 e. The van der Waals surface area contributed by atoms with Crippen LogP contribution in [0.3, 0.4) is 0 Å². The molecule has 78 valence electrons. The SMILES string of the molecule is O=C1CCCCC1C1=CCCC=C1.[CH3-].[Rb+]. The molecule has 2 heteroatoms. The third-order valence-corrected chi connectivity index (χ3v) is 2.98. The van der Waals surface area contributed by atoms with Crippen LogP contribution in [-0.2, 0) is 4.79 Å². The Hall–Kier alpha value is 0.955. The minimum atomic E-state index is 0. The molecule has 1 fully saturated rings. The Morgan fingerprint density at radius 3 is 2.60 bits per heavy atom. The van der Waals surface area contributed by atoms with Gasteiger partial charge in [-0.3, -0.25) is 4.79 Å². The molecule has 2 aliphatic carbocycles. The van der Waals surface area contributed by atoms with Crippen molar-refractivity contribution in [1.82, 2.24) is 0 Å². The summed E-state index contributed by atoms with van der Waals surface area (Å²) in [4.78, 5) is 11.6. The second-order valence-electron chi connectivity index (χ2n) is 3.95. The maximum atomic E-state index is 11.6. The van der Waals surface area contributed by atoms with Gasteiger partial charge in [-0.1, -0.05) is 24.6 Å². The number of carbonyl (C=O) groups excluding carboxylic acids is 1. The molecule has 1 unspecified atom stereocenters. The Balaban J connectivity index is 0.000000980. The molecule has 2 aliphatic rings. The number of allylic oxidation sites excluding steroid dienone is 4. The van der Waals surface area contributed by atoms with Gasteiger partial charge in [-0.15, -0.1) is 0 Å². The van der Waals surface area contributed by atoms with E-state index in [1.807, 2.05) is 0 Å². The van der Waals surface area contributed by atoms with E-state index >= 15 is 0 Å². The molecule has 1 atom stereocenters. The van der Waals surface area contributed by atoms with Crippen LogP contribution >= 0.6 is 0 Å². The molecule has 0 spiro atoms. The number of carbonyl (C=O) groups is 1. The van der Waals surface area contributed by atoms with E-state index in [-0.39, 0.29) is 71.5 Å². The summed E-state index contributed by atoms with van der Waals surface area (Å²) in [6.07, 6.45) is 13.1. The van der Waals surface area contributed by atoms with Gasteiger partial charge in [0.25, 0.3) is 0 Å². The van der Waals surface area contributed by atoms with E-state index in [1.165, 1.54) is 12.0 Å². The molecule has 0 aliphatic heterocycles. The summed E-state index contributed by atoms with van der Waals surface area (Å²) >= 11 is 0. The van der Waals surface area contributed by atoms with E-state index in [2.05, 4.69) is 18.2 Å². The summed E-state index contributed by atoms with van der Waals surface area (Å²) in [7, 11) is 0. The first kappa shape index (κ1) is 16.0. The summed E-state index contributed by atoms with van der Waals surface area (Å²) in [5, 5.41) is 0. The predicted octanol–water partition coefficient (Wildman–Crippen LogP) is 0.476. The maximum absolute atomic E-state index is 11.6. The van der Waals surface area contributed by atoms with Gasteiger partial charge in [0.1, 0.15) is 5.78 Å². The van der Waals surface area contributed by atoms with Gasteiger partial charge in [-0.2, -0.15) is 0 Å². The van der Waals surface area contributed by atoms with Gasteiger partial charge in [0.05, 0.1) is 0 Å². The molecular formula is C13H19ORb. The van der Waals surface area contributed by atoms with Crippen molar-refractivity contribution in [3.8, 4) is 0 Å². The molecule has 0 amide bonds. The molecule has 15 heavy (non-hydrogen) atoms. The topological polar surface area (TPSA) is 17.1 Å². The Bertz CT molecular complexity index is 266. The zero-order valence-electron chi connectivity index (χ0n) is 9.96. The molecule has 0 heterocycles. The summed E-state index contributed by atoms with van der Waals surface area (Å²) in [6.45, 7) is 0. The van der Waals surface area contributed by atoms with Crippen molar-refractivity contribution in [2.24, 2.45) is 5.92 Å². The van der Waals surface area contributed by atoms with Crippen LogP contribution in [0.5, 0.6) is 0 Å². The largest absolute Gasteiger partial charge is 1.00 e. The van der Waals surface area contributed by atoms with Gasteiger partial charge in [0, 0.05) is 12.3 Å². The Morgan fingerprint density at radius 2 is 2.00 bits per heavy atom. The quantitative estimate of drug-likeness (QED) is 0.637. The van der Waals surface area contributed by atoms with Crippen molar-refractivity contribution >= 4 is 5.78 Å². The molecule has 0 radical (unpaired) electrons. The molecule has 0 saturated heterocycles. The third kappa shape index (κ3) is 4.37. The monoisotopic (exact) mass is 276 g/mol. The van der Waals surface area contributed by atoms with E-state index in [4.69, 9.17) is 0 Å². The van der Waals surface area contributed by atoms with Gasteiger partial charge >= 0.3 is 58.2 Å². The summed E-state index contributed by atoms with van der Waals surface area (Å²) in [6, 6.07) is 0. The first-order chi connectivity index (χ1) is 6.38. The van der Waals surface area contributed by atoms with Crippen LogP contribution in [0, 0.1) is 13.3 Å². The van der Waals surface area contributed by atoms with Gasteiger partial charge in [-0.25, -0.2) is 0 Å². The standard InChI is InChI=1S/C12H16O.CH3.Rb/c13-12-9-5-4-8-11(12)10-6-2-1-3-7-10;;/h2,6-7,11H,1,3-5,8-9H2;1H3;/q;-1;+1. The minimum absolute atomic E-state index is 0. The van der Waals surface area contributed by atoms with Crippen LogP contribution in [0.1, 0.15) is 38.5 Å². The molecule has 0 aromatic carbocycles. The zero-order chi connectivity index (χ0) is 9.10. The second kappa shape index (κ2) is 8.11. The van der Waals surface area contributed by atoms with Crippen molar-refractivity contribution in [3.05, 3.63) is 31.2 Å². The molecule has 2 rings (SSSR count). The van der Waals surface area contributed by atoms with Gasteiger partial charge < -0.3 is 7.43 Å². The average molecular weight is 277 g/mol. The van der Waals surface area contributed by atoms with Crippen LogP contribution in [0.25, 0.3) is 0 Å². The summed E-state index contributed by atoms with van der Waals surface area (Å²) < 4.78 is 0. The average Bonchev–Trinajstić information content (AvgIpc) is 2.20. The minimum Gasteiger partial charge on any atom is -0.358 e. The van der Waals surface area contributed by atoms with Crippen LogP contribution in [0.15, 0.2) is 23.8 Å². The van der Waals surface area contributed by atoms with E-state index in [0.717, 1.165) is 32.1 Å². The number of ketones is 1. The molecular weight excluding hydrogens is 258 g/mol. The second-order valence-corrected chi connectivity index (χ2v) is 3.95. The van der Waals surface area contributed by atoms with Gasteiger partial charge in [-0.05, 0) is 31.3 Å². The molecule has 1 nitrogen and oxygen atoms in total. The van der Waals surface area contributed by atoms with E-state index in [0.29, 0.717) is 5.78 Å². The first-order valence-corrected chi connectivity index (χ1v) is 5.27. The fraction of sp³-hybridized carbons (Fsp3) is 0.538. The van der Waals surface area contributed by atoms with Crippen LogP contribution in [0.2, 0.25) is 0 Å². The molecule has 0 N–H and O–H groups in total. The zero-order valence-corrected chi connectivity index (χ0v) is 14.9. The number of Topliss-reactive ketones (excluding diaryl/α,β-unsaturated/α-hetero) is 1. The fourth-order valence-corrected chi connectivity index (χ4v) is 2.23. The molecule has 0 bridgehead atoms. The van der Waals surface area contributed by atoms with Crippen molar-refractivity contribution < 1.29 is 63.0 Å². The Labute approximate surface area is 142 Å². The first-order valence-electron chi connectivity index (χ1n) is 5.27. The van der Waals surface area contributed by atoms with Crippen molar-refractivity contribution in [2.45, 2.75) is 38.5 Å². The number of hydrogen-bond acceptors (Lipinski definition) is 1. The number of rotatable bonds is 1. The molecule has 0 aromatic rings. The Kier molecular flexibility index (Phi) is 8.62. The molecule has 0 aromatic heterocycles. The summed E-state index contributed by atoms with van der Waals surface area (Å²) in [5.41, 5.74) is 1.29. The van der Waals surface area contributed by atoms with E-state index in [1.54, 1.807) is 0 Å².